The molecule has 0 radical (unpaired) electrons. The zero-order valence-corrected chi connectivity index (χ0v) is 29.9. The van der Waals surface area contributed by atoms with Gasteiger partial charge in [0.1, 0.15) is 12.2 Å². The van der Waals surface area contributed by atoms with Crippen LogP contribution in [0, 0.1) is 0 Å². The van der Waals surface area contributed by atoms with E-state index in [1.54, 1.807) is 0 Å². The third-order valence-corrected chi connectivity index (χ3v) is 10.1. The molecule has 4 aromatic rings. The quantitative estimate of drug-likeness (QED) is 0.0951. The normalized spacial score (nSPS) is 16.4. The third kappa shape index (κ3) is 9.22. The Bertz CT molecular complexity index is 1850. The van der Waals surface area contributed by atoms with Crippen LogP contribution in [0.25, 0.3) is 5.57 Å². The molecule has 10 heteroatoms. The summed E-state index contributed by atoms with van der Waals surface area (Å²) in [6.07, 6.45) is 6.94. The number of halogens is 3. The Balaban J connectivity index is 0.00000248. The first kappa shape index (κ1) is 37.7. The number of benzene rings is 3. The number of nitrogens with zero attached hydrogens (tertiary/aromatic N) is 1. The van der Waals surface area contributed by atoms with Crippen LogP contribution in [0.5, 0.6) is 0 Å². The van der Waals surface area contributed by atoms with E-state index in [9.17, 15) is 22.8 Å². The van der Waals surface area contributed by atoms with E-state index in [-0.39, 0.29) is 5.91 Å². The number of anilines is 1. The molecule has 1 heterocycles. The number of aromatic amines is 1. The molecule has 6 nitrogen and oxygen atoms in total. The molecule has 1 aromatic heterocycles. The molecule has 2 aliphatic rings. The number of hydrogen-bond acceptors (Lipinski definition) is 4. The lowest BCUT2D eigenvalue weighted by Crippen LogP contribution is -2.47. The largest absolute Gasteiger partial charge is 0.405 e. The van der Waals surface area contributed by atoms with Crippen molar-refractivity contribution in [3.8, 4) is 0 Å². The molecule has 0 saturated heterocycles. The molecule has 51 heavy (non-hydrogen) atoms. The van der Waals surface area contributed by atoms with Gasteiger partial charge in [0.05, 0.1) is 11.6 Å². The van der Waals surface area contributed by atoms with Gasteiger partial charge in [-0.2, -0.15) is 13.2 Å². The number of nitrogens with one attached hydrogen (secondary N) is 3. The number of amides is 2. The average Bonchev–Trinajstić information content (AvgIpc) is 3.62. The van der Waals surface area contributed by atoms with Gasteiger partial charge in [-0.3, -0.25) is 9.59 Å². The van der Waals surface area contributed by atoms with Gasteiger partial charge >= 0.3 is 6.18 Å². The van der Waals surface area contributed by atoms with E-state index in [1.807, 2.05) is 86.7 Å². The molecule has 6 rings (SSSR count). The Kier molecular flexibility index (Phi) is 13.0. The Hall–Kier alpha value is -4.57. The zero-order chi connectivity index (χ0) is 36.3. The van der Waals surface area contributed by atoms with Crippen LogP contribution in [0.2, 0.25) is 0 Å². The van der Waals surface area contributed by atoms with Gasteiger partial charge in [-0.15, -0.1) is 0 Å². The molecule has 2 aliphatic carbocycles. The average molecular weight is 715 g/mol. The Labute approximate surface area is 302 Å². The maximum Gasteiger partial charge on any atom is 0.405 e. The molecule has 0 aliphatic heterocycles. The molecule has 0 spiro atoms. The maximum atomic E-state index is 13.8. The number of hydrogen-bond donors (Lipinski definition) is 3. The number of imidazole rings is 1. The van der Waals surface area contributed by atoms with Crippen molar-refractivity contribution in [2.24, 2.45) is 0 Å². The van der Waals surface area contributed by atoms with E-state index in [0.717, 1.165) is 70.5 Å². The number of H-pyrrole nitrogens is 1. The van der Waals surface area contributed by atoms with Crippen LogP contribution in [-0.2, 0) is 16.6 Å². The Morgan fingerprint density at radius 2 is 1.69 bits per heavy atom. The van der Waals surface area contributed by atoms with Gasteiger partial charge in [0.25, 0.3) is 5.91 Å². The number of fused-ring (bicyclic) bond motifs is 2. The van der Waals surface area contributed by atoms with Crippen LogP contribution in [-0.4, -0.2) is 40.3 Å². The standard InChI is InChI=1S/C39H39F3N4O2S.C2H6/c40-39(41,42)26-44-36(48)38(31-19-7-2-6-17-29(31)30-18-9-10-20-32(30)38)22-12-3-13-23-49-37-43-25-34(46-37)35(47)45-33-21-11-8-16-28(33)24-27-14-4-1-5-15-27;1-2/h1,4-6,8-11,14-18,20-21,25H,2-3,7,12-13,19,22-24,26H2,(H,43,46)(H,44,48)(H,45,47);1-2H3. The lowest BCUT2D eigenvalue weighted by Gasteiger charge is -2.33. The van der Waals surface area contributed by atoms with E-state index < -0.39 is 24.0 Å². The van der Waals surface area contributed by atoms with Crippen LogP contribution in [0.3, 0.4) is 0 Å². The Morgan fingerprint density at radius 3 is 2.49 bits per heavy atom. The van der Waals surface area contributed by atoms with Gasteiger partial charge in [-0.1, -0.05) is 123 Å². The first-order valence-electron chi connectivity index (χ1n) is 17.7. The highest BCUT2D eigenvalue weighted by atomic mass is 32.2. The van der Waals surface area contributed by atoms with Crippen molar-refractivity contribution in [2.45, 2.75) is 82.0 Å². The number of para-hydroxylation sites is 1. The summed E-state index contributed by atoms with van der Waals surface area (Å²) >= 11 is 1.51. The molecule has 0 fully saturated rings. The number of unbranched alkanes of at least 4 members (excludes halogenated alkanes) is 2. The SMILES string of the molecule is CC.O=C(Nc1ccccc1Cc1ccccc1)c1cnc(SCCCCCC2(C(=O)NCC(F)(F)F)C3=C(C=CCCC3)c3ccccc32)[nH]1. The van der Waals surface area contributed by atoms with Crippen molar-refractivity contribution in [1.29, 1.82) is 0 Å². The molecule has 0 saturated carbocycles. The van der Waals surface area contributed by atoms with Crippen LogP contribution < -0.4 is 10.6 Å². The molecular formula is C41H45F3N4O2S. The van der Waals surface area contributed by atoms with Crippen LogP contribution in [0.1, 0.15) is 91.5 Å². The second-order valence-electron chi connectivity index (χ2n) is 12.5. The Morgan fingerprint density at radius 1 is 0.941 bits per heavy atom. The van der Waals surface area contributed by atoms with E-state index >= 15 is 0 Å². The molecule has 1 unspecified atom stereocenters. The molecular weight excluding hydrogens is 670 g/mol. The predicted octanol–water partition coefficient (Wildman–Crippen LogP) is 10.1. The van der Waals surface area contributed by atoms with Crippen molar-refractivity contribution < 1.29 is 22.8 Å². The lowest BCUT2D eigenvalue weighted by atomic mass is 9.71. The van der Waals surface area contributed by atoms with Gasteiger partial charge < -0.3 is 15.6 Å². The number of carbonyl (C=O) groups is 2. The minimum atomic E-state index is -4.49. The number of thioether (sulfide) groups is 1. The van der Waals surface area contributed by atoms with Gasteiger partial charge in [0.15, 0.2) is 5.16 Å². The van der Waals surface area contributed by atoms with Crippen molar-refractivity contribution >= 4 is 34.8 Å². The number of aromatic nitrogens is 2. The van der Waals surface area contributed by atoms with Crippen molar-refractivity contribution in [3.05, 3.63) is 131 Å². The highest BCUT2D eigenvalue weighted by molar-refractivity contribution is 7.99. The van der Waals surface area contributed by atoms with Crippen molar-refractivity contribution in [1.82, 2.24) is 15.3 Å². The summed E-state index contributed by atoms with van der Waals surface area (Å²) in [5.41, 5.74) is 5.80. The van der Waals surface area contributed by atoms with E-state index in [0.29, 0.717) is 36.5 Å². The number of rotatable bonds is 13. The minimum absolute atomic E-state index is 0.271. The monoisotopic (exact) mass is 714 g/mol. The van der Waals surface area contributed by atoms with Crippen molar-refractivity contribution in [3.63, 3.8) is 0 Å². The fourth-order valence-electron chi connectivity index (χ4n) is 6.90. The van der Waals surface area contributed by atoms with E-state index in [1.165, 1.54) is 18.0 Å². The predicted molar refractivity (Wildman–Crippen MR) is 200 cm³/mol. The van der Waals surface area contributed by atoms with Gasteiger partial charge in [-0.25, -0.2) is 4.98 Å². The summed E-state index contributed by atoms with van der Waals surface area (Å²) in [5, 5.41) is 5.89. The molecule has 3 aromatic carbocycles. The number of carbonyl (C=O) groups excluding carboxylic acids is 2. The summed E-state index contributed by atoms with van der Waals surface area (Å²) in [4.78, 5) is 34.4. The molecule has 3 N–H and O–H groups in total. The second-order valence-corrected chi connectivity index (χ2v) is 13.6. The summed E-state index contributed by atoms with van der Waals surface area (Å²) < 4.78 is 39.6. The topological polar surface area (TPSA) is 86.9 Å². The smallest absolute Gasteiger partial charge is 0.346 e. The third-order valence-electron chi connectivity index (χ3n) is 9.17. The fraction of sp³-hybridized carbons (Fsp3) is 0.341. The van der Waals surface area contributed by atoms with Gasteiger partial charge in [0, 0.05) is 11.4 Å². The maximum absolute atomic E-state index is 13.8. The second kappa shape index (κ2) is 17.6. The molecule has 1 atom stereocenters. The van der Waals surface area contributed by atoms with E-state index in [2.05, 4.69) is 38.8 Å². The van der Waals surface area contributed by atoms with Crippen molar-refractivity contribution in [2.75, 3.05) is 17.6 Å². The van der Waals surface area contributed by atoms with Crippen LogP contribution in [0.4, 0.5) is 18.9 Å². The number of allylic oxidation sites excluding steroid dienone is 3. The first-order chi connectivity index (χ1) is 24.7. The van der Waals surface area contributed by atoms with E-state index in [4.69, 9.17) is 0 Å². The lowest BCUT2D eigenvalue weighted by molar-refractivity contribution is -0.141. The first-order valence-corrected chi connectivity index (χ1v) is 18.7. The van der Waals surface area contributed by atoms with Crippen LogP contribution in [0.15, 0.2) is 108 Å². The molecule has 268 valence electrons. The van der Waals surface area contributed by atoms with Crippen LogP contribution >= 0.6 is 11.8 Å². The zero-order valence-electron chi connectivity index (χ0n) is 29.1. The summed E-state index contributed by atoms with van der Waals surface area (Å²) in [5.74, 6) is -0.112. The van der Waals surface area contributed by atoms with Gasteiger partial charge in [-0.05, 0) is 78.0 Å². The summed E-state index contributed by atoms with van der Waals surface area (Å²) in [6.45, 7) is 2.65. The summed E-state index contributed by atoms with van der Waals surface area (Å²) in [6, 6.07) is 25.5. The number of alkyl halides is 3. The summed E-state index contributed by atoms with van der Waals surface area (Å²) in [7, 11) is 0. The minimum Gasteiger partial charge on any atom is -0.346 e. The van der Waals surface area contributed by atoms with Gasteiger partial charge in [0.2, 0.25) is 5.91 Å². The molecule has 2 amide bonds. The fourth-order valence-corrected chi connectivity index (χ4v) is 7.75. The highest BCUT2D eigenvalue weighted by Crippen LogP contribution is 2.52. The molecule has 0 bridgehead atoms. The highest BCUT2D eigenvalue weighted by Gasteiger charge is 2.50.